The smallest absolute Gasteiger partial charge is 0.174 e. The highest BCUT2D eigenvalue weighted by molar-refractivity contribution is 5.60. The molecule has 0 unspecified atom stereocenters. The summed E-state index contributed by atoms with van der Waals surface area (Å²) < 4.78 is 5.43. The molecule has 0 atom stereocenters. The summed E-state index contributed by atoms with van der Waals surface area (Å²) in [5.74, 6) is 0.763. The highest BCUT2D eigenvalue weighted by Gasteiger charge is 2.02. The molecule has 0 heterocycles. The Morgan fingerprint density at radius 2 is 2.16 bits per heavy atom. The summed E-state index contributed by atoms with van der Waals surface area (Å²) in [6, 6.07) is 10.3. The summed E-state index contributed by atoms with van der Waals surface area (Å²) in [5.41, 5.74) is 2.35. The molecule has 0 spiro atoms. The topological polar surface area (TPSA) is 45.0 Å². The Morgan fingerprint density at radius 3 is 2.79 bits per heavy atom. The van der Waals surface area contributed by atoms with E-state index in [1.807, 2.05) is 30.3 Å². The normalized spacial score (nSPS) is 11.4. The monoisotopic (exact) mass is 258 g/mol. The van der Waals surface area contributed by atoms with E-state index in [2.05, 4.69) is 32.2 Å². The zero-order valence-corrected chi connectivity index (χ0v) is 11.9. The Morgan fingerprint density at radius 1 is 1.42 bits per heavy atom. The Balaban J connectivity index is 2.85. The molecule has 1 rings (SSSR count). The molecule has 0 aliphatic heterocycles. The summed E-state index contributed by atoms with van der Waals surface area (Å²) in [7, 11) is 0. The third kappa shape index (κ3) is 5.58. The number of nitrogens with one attached hydrogen (secondary N) is 1. The van der Waals surface area contributed by atoms with E-state index in [0.717, 1.165) is 24.3 Å². The Hall–Kier alpha value is -1.79. The van der Waals surface area contributed by atoms with Crippen LogP contribution in [-0.2, 0) is 0 Å². The van der Waals surface area contributed by atoms with Crippen LogP contribution >= 0.6 is 0 Å². The largest absolute Gasteiger partial charge is 0.478 e. The maximum atomic E-state index is 8.59. The van der Waals surface area contributed by atoms with Crippen molar-refractivity contribution in [1.29, 1.82) is 5.26 Å². The van der Waals surface area contributed by atoms with Gasteiger partial charge in [0.15, 0.2) is 6.61 Å². The lowest BCUT2D eigenvalue weighted by Crippen LogP contribution is -2.24. The summed E-state index contributed by atoms with van der Waals surface area (Å²) in [5, 5.41) is 12.0. The zero-order valence-electron chi connectivity index (χ0n) is 11.9. The molecule has 0 bridgehead atoms. The van der Waals surface area contributed by atoms with Gasteiger partial charge in [-0.25, -0.2) is 0 Å². The molecule has 0 aromatic heterocycles. The molecular weight excluding hydrogens is 236 g/mol. The van der Waals surface area contributed by atoms with Gasteiger partial charge in [0.1, 0.15) is 11.8 Å². The first-order chi connectivity index (χ1) is 9.17. The maximum Gasteiger partial charge on any atom is 0.174 e. The number of para-hydroxylation sites is 1. The lowest BCUT2D eigenvalue weighted by atomic mass is 10.1. The van der Waals surface area contributed by atoms with Crippen molar-refractivity contribution in [1.82, 2.24) is 5.32 Å². The van der Waals surface area contributed by atoms with Crippen LogP contribution in [0, 0.1) is 11.3 Å². The molecular formula is C16H22N2O. The van der Waals surface area contributed by atoms with Gasteiger partial charge in [0.2, 0.25) is 0 Å². The van der Waals surface area contributed by atoms with Crippen molar-refractivity contribution in [3.8, 4) is 11.8 Å². The van der Waals surface area contributed by atoms with E-state index in [1.54, 1.807) is 0 Å². The molecule has 1 N–H and O–H groups in total. The summed E-state index contributed by atoms with van der Waals surface area (Å²) in [6.07, 6.45) is 3.13. The van der Waals surface area contributed by atoms with Crippen LogP contribution in [0.15, 0.2) is 29.8 Å². The van der Waals surface area contributed by atoms with Crippen LogP contribution in [0.3, 0.4) is 0 Å². The van der Waals surface area contributed by atoms with Gasteiger partial charge in [0.05, 0.1) is 0 Å². The first kappa shape index (κ1) is 15.3. The fourth-order valence-corrected chi connectivity index (χ4v) is 1.67. The first-order valence-electron chi connectivity index (χ1n) is 6.69. The molecule has 3 heteroatoms. The Kier molecular flexibility index (Phi) is 6.70. The lowest BCUT2D eigenvalue weighted by molar-refractivity contribution is 0.367. The van der Waals surface area contributed by atoms with Crippen LogP contribution in [0.25, 0.3) is 6.08 Å². The van der Waals surface area contributed by atoms with Crippen molar-refractivity contribution in [3.63, 3.8) is 0 Å². The standard InChI is InChI=1S/C16H22N2O/c1-4-14(12-18-13(2)3)11-15-7-5-6-8-16(15)19-10-9-17/h5-8,11,13,18H,4,10,12H2,1-3H3. The van der Waals surface area contributed by atoms with Gasteiger partial charge in [-0.3, -0.25) is 0 Å². The fraction of sp³-hybridized carbons (Fsp3) is 0.438. The van der Waals surface area contributed by atoms with Crippen molar-refractivity contribution in [2.75, 3.05) is 13.2 Å². The first-order valence-corrected chi connectivity index (χ1v) is 6.69. The van der Waals surface area contributed by atoms with E-state index < -0.39 is 0 Å². The summed E-state index contributed by atoms with van der Waals surface area (Å²) in [6.45, 7) is 7.37. The van der Waals surface area contributed by atoms with E-state index in [9.17, 15) is 0 Å². The molecule has 0 fully saturated rings. The van der Waals surface area contributed by atoms with E-state index >= 15 is 0 Å². The van der Waals surface area contributed by atoms with E-state index in [-0.39, 0.29) is 6.61 Å². The zero-order chi connectivity index (χ0) is 14.1. The maximum absolute atomic E-state index is 8.59. The molecule has 0 amide bonds. The molecule has 19 heavy (non-hydrogen) atoms. The number of hydrogen-bond donors (Lipinski definition) is 1. The van der Waals surface area contributed by atoms with Crippen LogP contribution in [0.1, 0.15) is 32.8 Å². The predicted octanol–water partition coefficient (Wildman–Crippen LogP) is 3.38. The average molecular weight is 258 g/mol. The lowest BCUT2D eigenvalue weighted by Gasteiger charge is -2.11. The minimum absolute atomic E-state index is 0.0799. The summed E-state index contributed by atoms with van der Waals surface area (Å²) >= 11 is 0. The van der Waals surface area contributed by atoms with Crippen molar-refractivity contribution in [2.45, 2.75) is 33.2 Å². The van der Waals surface area contributed by atoms with E-state index in [1.165, 1.54) is 5.57 Å². The van der Waals surface area contributed by atoms with Gasteiger partial charge < -0.3 is 10.1 Å². The molecule has 0 aliphatic carbocycles. The molecule has 1 aromatic carbocycles. The van der Waals surface area contributed by atoms with Gasteiger partial charge in [0, 0.05) is 18.2 Å². The summed E-state index contributed by atoms with van der Waals surface area (Å²) in [4.78, 5) is 0. The van der Waals surface area contributed by atoms with Crippen LogP contribution in [0.4, 0.5) is 0 Å². The van der Waals surface area contributed by atoms with Crippen LogP contribution in [-0.4, -0.2) is 19.2 Å². The van der Waals surface area contributed by atoms with Gasteiger partial charge in [-0.05, 0) is 12.5 Å². The van der Waals surface area contributed by atoms with E-state index in [0.29, 0.717) is 6.04 Å². The number of benzene rings is 1. The highest BCUT2D eigenvalue weighted by atomic mass is 16.5. The molecule has 102 valence electrons. The minimum atomic E-state index is 0.0799. The molecule has 0 radical (unpaired) electrons. The molecule has 0 aliphatic rings. The van der Waals surface area contributed by atoms with Crippen molar-refractivity contribution in [3.05, 3.63) is 35.4 Å². The van der Waals surface area contributed by atoms with Gasteiger partial charge in [-0.2, -0.15) is 5.26 Å². The SMILES string of the molecule is CCC(=Cc1ccccc1OCC#N)CNC(C)C. The second-order valence-corrected chi connectivity index (χ2v) is 4.68. The minimum Gasteiger partial charge on any atom is -0.478 e. The Bertz CT molecular complexity index is 458. The molecule has 0 saturated carbocycles. The number of nitrogens with zero attached hydrogens (tertiary/aromatic N) is 1. The third-order valence-electron chi connectivity index (χ3n) is 2.76. The van der Waals surface area contributed by atoms with Crippen molar-refractivity contribution >= 4 is 6.08 Å². The van der Waals surface area contributed by atoms with E-state index in [4.69, 9.17) is 10.00 Å². The fourth-order valence-electron chi connectivity index (χ4n) is 1.67. The molecule has 3 nitrogen and oxygen atoms in total. The van der Waals surface area contributed by atoms with Crippen molar-refractivity contribution in [2.24, 2.45) is 0 Å². The second kappa shape index (κ2) is 8.34. The van der Waals surface area contributed by atoms with Crippen LogP contribution in [0.2, 0.25) is 0 Å². The molecule has 1 aromatic rings. The van der Waals surface area contributed by atoms with Gasteiger partial charge in [-0.15, -0.1) is 0 Å². The number of hydrogen-bond acceptors (Lipinski definition) is 3. The number of rotatable bonds is 7. The Labute approximate surface area is 115 Å². The van der Waals surface area contributed by atoms with Crippen molar-refractivity contribution < 1.29 is 4.74 Å². The van der Waals surface area contributed by atoms with Crippen LogP contribution in [0.5, 0.6) is 5.75 Å². The van der Waals surface area contributed by atoms with Gasteiger partial charge in [0.25, 0.3) is 0 Å². The van der Waals surface area contributed by atoms with Gasteiger partial charge >= 0.3 is 0 Å². The predicted molar refractivity (Wildman–Crippen MR) is 79.0 cm³/mol. The van der Waals surface area contributed by atoms with Gasteiger partial charge in [-0.1, -0.05) is 50.6 Å². The number of ether oxygens (including phenoxy) is 1. The quantitative estimate of drug-likeness (QED) is 0.815. The third-order valence-corrected chi connectivity index (χ3v) is 2.76. The van der Waals surface area contributed by atoms with Crippen LogP contribution < -0.4 is 10.1 Å². The highest BCUT2D eigenvalue weighted by Crippen LogP contribution is 2.21. The number of nitriles is 1. The average Bonchev–Trinajstić information content (AvgIpc) is 2.42. The molecule has 0 saturated heterocycles. The second-order valence-electron chi connectivity index (χ2n) is 4.68.